The highest BCUT2D eigenvalue weighted by Crippen LogP contribution is 2.54. The number of ketones is 1. The Morgan fingerprint density at radius 2 is 1.97 bits per heavy atom. The van der Waals surface area contributed by atoms with E-state index in [0.29, 0.717) is 29.7 Å². The van der Waals surface area contributed by atoms with Crippen LogP contribution < -0.4 is 5.73 Å². The van der Waals surface area contributed by atoms with Gasteiger partial charge in [0.2, 0.25) is 5.91 Å². The molecule has 0 unspecified atom stereocenters. The van der Waals surface area contributed by atoms with Gasteiger partial charge in [-0.2, -0.15) is 0 Å². The van der Waals surface area contributed by atoms with Crippen LogP contribution in [0.2, 0.25) is 0 Å². The van der Waals surface area contributed by atoms with Gasteiger partial charge in [-0.15, -0.1) is 0 Å². The Morgan fingerprint density at radius 3 is 2.60 bits per heavy atom. The van der Waals surface area contributed by atoms with Crippen molar-refractivity contribution in [3.63, 3.8) is 0 Å². The molecule has 3 aliphatic rings. The van der Waals surface area contributed by atoms with Crippen LogP contribution in [0, 0.1) is 11.8 Å². The number of rotatable bonds is 4. The third-order valence-electron chi connectivity index (χ3n) is 7.78. The Balaban J connectivity index is 1.69. The molecule has 1 aromatic carbocycles. The van der Waals surface area contributed by atoms with Crippen molar-refractivity contribution in [2.24, 2.45) is 17.6 Å². The third kappa shape index (κ3) is 3.30. The van der Waals surface area contributed by atoms with Crippen LogP contribution in [-0.2, 0) is 16.0 Å². The minimum atomic E-state index is -1.35. The number of aromatic nitrogens is 2. The molecule has 0 radical (unpaired) electrons. The van der Waals surface area contributed by atoms with Crippen LogP contribution >= 0.6 is 0 Å². The molecule has 9 nitrogen and oxygen atoms in total. The van der Waals surface area contributed by atoms with Crippen molar-refractivity contribution >= 4 is 11.7 Å². The van der Waals surface area contributed by atoms with Crippen molar-refractivity contribution in [1.82, 2.24) is 14.9 Å². The van der Waals surface area contributed by atoms with E-state index in [1.54, 1.807) is 49.7 Å². The zero-order valence-corrected chi connectivity index (χ0v) is 19.9. The van der Waals surface area contributed by atoms with E-state index in [-0.39, 0.29) is 35.2 Å². The number of Topliss-reactive ketones (excluding diaryl/α,β-unsaturated/α-hetero) is 1. The van der Waals surface area contributed by atoms with Crippen LogP contribution in [0.15, 0.2) is 59.5 Å². The molecule has 0 saturated carbocycles. The molecule has 0 bridgehead atoms. The maximum absolute atomic E-state index is 13.8. The number of amides is 1. The predicted molar refractivity (Wildman–Crippen MR) is 127 cm³/mol. The van der Waals surface area contributed by atoms with Gasteiger partial charge in [-0.05, 0) is 38.4 Å². The fraction of sp³-hybridized carbons (Fsp3) is 0.385. The summed E-state index contributed by atoms with van der Waals surface area (Å²) in [6.07, 6.45) is 5.74. The highest BCUT2D eigenvalue weighted by Gasteiger charge is 2.59. The van der Waals surface area contributed by atoms with Gasteiger partial charge < -0.3 is 20.7 Å². The van der Waals surface area contributed by atoms with Gasteiger partial charge in [-0.25, -0.2) is 0 Å². The minimum Gasteiger partial charge on any atom is -0.510 e. The van der Waals surface area contributed by atoms with Gasteiger partial charge in [0.25, 0.3) is 0 Å². The Morgan fingerprint density at radius 1 is 1.23 bits per heavy atom. The molecule has 4 atom stereocenters. The second-order valence-corrected chi connectivity index (χ2v) is 9.66. The van der Waals surface area contributed by atoms with Crippen molar-refractivity contribution in [3.05, 3.63) is 70.6 Å². The van der Waals surface area contributed by atoms with E-state index < -0.39 is 23.5 Å². The number of fused-ring (bicyclic) bond motifs is 3. The highest BCUT2D eigenvalue weighted by atomic mass is 16.5. The van der Waals surface area contributed by atoms with E-state index in [9.17, 15) is 19.8 Å². The number of hydrogen-bond donors (Lipinski definition) is 3. The molecule has 182 valence electrons. The second-order valence-electron chi connectivity index (χ2n) is 9.66. The SMILES string of the molecule is CO[C@@]12CC(C(N)=O)=C(O)[C@@H](N(C)C)[C@@H]1C[C@@H]1Cc3c(cccc3-c3cnccn3)C(=O)C1=C2O. The van der Waals surface area contributed by atoms with Gasteiger partial charge in [0.1, 0.15) is 17.1 Å². The first-order valence-electron chi connectivity index (χ1n) is 11.5. The van der Waals surface area contributed by atoms with E-state index in [0.717, 1.165) is 11.1 Å². The van der Waals surface area contributed by atoms with Gasteiger partial charge in [0, 0.05) is 48.5 Å². The average molecular weight is 477 g/mol. The zero-order chi connectivity index (χ0) is 25.1. The normalized spacial score (nSPS) is 28.0. The zero-order valence-electron chi connectivity index (χ0n) is 19.9. The van der Waals surface area contributed by atoms with Crippen LogP contribution in [-0.4, -0.2) is 69.6 Å². The summed E-state index contributed by atoms with van der Waals surface area (Å²) in [4.78, 5) is 36.4. The van der Waals surface area contributed by atoms with Crippen molar-refractivity contribution in [2.45, 2.75) is 30.9 Å². The third-order valence-corrected chi connectivity index (χ3v) is 7.78. The number of hydrogen-bond acceptors (Lipinski definition) is 8. The molecule has 1 amide bonds. The van der Waals surface area contributed by atoms with Crippen molar-refractivity contribution < 1.29 is 24.5 Å². The lowest BCUT2D eigenvalue weighted by molar-refractivity contribution is -0.121. The van der Waals surface area contributed by atoms with Crippen LogP contribution in [0.4, 0.5) is 0 Å². The molecule has 1 aromatic heterocycles. The average Bonchev–Trinajstić information content (AvgIpc) is 2.84. The summed E-state index contributed by atoms with van der Waals surface area (Å²) in [5.74, 6) is -2.06. The topological polar surface area (TPSA) is 139 Å². The van der Waals surface area contributed by atoms with Crippen molar-refractivity contribution in [1.29, 1.82) is 0 Å². The first-order chi connectivity index (χ1) is 16.7. The summed E-state index contributed by atoms with van der Waals surface area (Å²) in [6.45, 7) is 0. The van der Waals surface area contributed by atoms with E-state index >= 15 is 0 Å². The predicted octanol–water partition coefficient (Wildman–Crippen LogP) is 2.35. The molecular weight excluding hydrogens is 448 g/mol. The number of allylic oxidation sites excluding steroid dienone is 1. The molecular formula is C26H28N4O5. The van der Waals surface area contributed by atoms with Gasteiger partial charge in [-0.3, -0.25) is 24.5 Å². The Bertz CT molecular complexity index is 1290. The Kier molecular flexibility index (Phi) is 5.49. The summed E-state index contributed by atoms with van der Waals surface area (Å²) in [5, 5.41) is 22.7. The number of aliphatic hydroxyl groups is 2. The first-order valence-corrected chi connectivity index (χ1v) is 11.5. The van der Waals surface area contributed by atoms with Crippen LogP contribution in [0.25, 0.3) is 11.3 Å². The molecule has 5 rings (SSSR count). The van der Waals surface area contributed by atoms with E-state index in [4.69, 9.17) is 10.5 Å². The molecule has 0 fully saturated rings. The molecule has 0 spiro atoms. The molecule has 3 aliphatic carbocycles. The summed E-state index contributed by atoms with van der Waals surface area (Å²) in [5.41, 5.74) is 7.40. The van der Waals surface area contributed by atoms with Crippen LogP contribution in [0.3, 0.4) is 0 Å². The summed E-state index contributed by atoms with van der Waals surface area (Å²) < 4.78 is 5.92. The maximum atomic E-state index is 13.8. The Hall–Kier alpha value is -3.56. The number of carbonyl (C=O) groups excluding carboxylic acids is 2. The number of methoxy groups -OCH3 is 1. The van der Waals surface area contributed by atoms with E-state index in [1.165, 1.54) is 7.11 Å². The fourth-order valence-corrected chi connectivity index (χ4v) is 6.24. The van der Waals surface area contributed by atoms with Gasteiger partial charge in [0.05, 0.1) is 23.5 Å². The quantitative estimate of drug-likeness (QED) is 0.611. The van der Waals surface area contributed by atoms with Gasteiger partial charge in [-0.1, -0.05) is 18.2 Å². The molecule has 0 saturated heterocycles. The lowest BCUT2D eigenvalue weighted by Crippen LogP contribution is -2.60. The number of nitrogens with zero attached hydrogens (tertiary/aromatic N) is 3. The number of benzene rings is 1. The number of aliphatic hydroxyl groups excluding tert-OH is 2. The van der Waals surface area contributed by atoms with Gasteiger partial charge >= 0.3 is 0 Å². The van der Waals surface area contributed by atoms with Crippen LogP contribution in [0.1, 0.15) is 28.8 Å². The van der Waals surface area contributed by atoms with Crippen molar-refractivity contribution in [3.8, 4) is 11.3 Å². The second kappa shape index (κ2) is 8.28. The fourth-order valence-electron chi connectivity index (χ4n) is 6.24. The molecule has 2 aromatic rings. The smallest absolute Gasteiger partial charge is 0.248 e. The molecule has 9 heteroatoms. The standard InChI is InChI=1S/C26H28N4O5/c1-30(2)21-18-10-13-9-16-14(19-12-28-7-8-29-19)5-4-6-15(16)22(31)20(13)24(33)26(18,35-3)11-17(23(21)32)25(27)34/h4-8,12-13,18,21,32-33H,9-11H2,1-3H3,(H2,27,34)/t13-,18-,21-,26-/m0/s1. The molecule has 0 aliphatic heterocycles. The number of carbonyl (C=O) groups is 2. The maximum Gasteiger partial charge on any atom is 0.248 e. The highest BCUT2D eigenvalue weighted by molar-refractivity contribution is 6.12. The van der Waals surface area contributed by atoms with Gasteiger partial charge in [0.15, 0.2) is 5.78 Å². The Labute approximate surface area is 202 Å². The summed E-state index contributed by atoms with van der Waals surface area (Å²) in [7, 11) is 5.02. The van der Waals surface area contributed by atoms with Crippen LogP contribution in [0.5, 0.6) is 0 Å². The lowest BCUT2D eigenvalue weighted by atomic mass is 9.59. The monoisotopic (exact) mass is 476 g/mol. The lowest BCUT2D eigenvalue weighted by Gasteiger charge is -2.53. The van der Waals surface area contributed by atoms with E-state index in [1.807, 2.05) is 6.07 Å². The summed E-state index contributed by atoms with van der Waals surface area (Å²) in [6, 6.07) is 4.85. The number of likely N-dealkylation sites (N-methyl/N-ethyl adjacent to an activating group) is 1. The minimum absolute atomic E-state index is 0.000923. The molecule has 35 heavy (non-hydrogen) atoms. The number of primary amides is 1. The van der Waals surface area contributed by atoms with E-state index in [2.05, 4.69) is 9.97 Å². The number of nitrogens with two attached hydrogens (primary N) is 1. The molecule has 4 N–H and O–H groups in total. The first kappa shape index (κ1) is 23.2. The van der Waals surface area contributed by atoms with Crippen molar-refractivity contribution in [2.75, 3.05) is 21.2 Å². The summed E-state index contributed by atoms with van der Waals surface area (Å²) >= 11 is 0. The number of ether oxygens (including phenoxy) is 1. The largest absolute Gasteiger partial charge is 0.510 e. The molecule has 1 heterocycles.